The Labute approximate surface area is 190 Å². The number of benzene rings is 1. The van der Waals surface area contributed by atoms with Gasteiger partial charge in [0.05, 0.1) is 6.61 Å². The summed E-state index contributed by atoms with van der Waals surface area (Å²) in [5.74, 6) is 0.888. The third kappa shape index (κ3) is 23.6. The molecule has 5 nitrogen and oxygen atoms in total. The molecule has 0 radical (unpaired) electrons. The lowest BCUT2D eigenvalue weighted by Crippen LogP contribution is -2.31. The van der Waals surface area contributed by atoms with E-state index in [2.05, 4.69) is 73.0 Å². The van der Waals surface area contributed by atoms with E-state index >= 15 is 0 Å². The fourth-order valence-electron chi connectivity index (χ4n) is 2.53. The van der Waals surface area contributed by atoms with Crippen LogP contribution in [0.5, 0.6) is 0 Å². The summed E-state index contributed by atoms with van der Waals surface area (Å²) in [6.07, 6.45) is 8.89. The number of allylic oxidation sites excluding steroid dienone is 3. The van der Waals surface area contributed by atoms with Crippen LogP contribution in [-0.4, -0.2) is 24.6 Å². The molecule has 3 N–H and O–H groups in total. The number of hydrogen-bond donors (Lipinski definition) is 2. The summed E-state index contributed by atoms with van der Waals surface area (Å²) >= 11 is 0. The van der Waals surface area contributed by atoms with Gasteiger partial charge >= 0.3 is 6.09 Å². The highest BCUT2D eigenvalue weighted by Gasteiger charge is 2.04. The van der Waals surface area contributed by atoms with E-state index in [-0.39, 0.29) is 11.9 Å². The van der Waals surface area contributed by atoms with Gasteiger partial charge in [0.2, 0.25) is 5.91 Å². The minimum absolute atomic E-state index is 0.122. The Morgan fingerprint density at radius 1 is 1.13 bits per heavy atom. The quantitative estimate of drug-likeness (QED) is 0.456. The average Bonchev–Trinajstić information content (AvgIpc) is 2.71. The molecule has 176 valence electrons. The molecule has 0 aromatic heterocycles. The molecule has 0 fully saturated rings. The normalized spacial score (nSPS) is 11.7. The molecule has 0 heterocycles. The molecule has 31 heavy (non-hydrogen) atoms. The van der Waals surface area contributed by atoms with Gasteiger partial charge in [-0.25, -0.2) is 4.79 Å². The van der Waals surface area contributed by atoms with Gasteiger partial charge in [0.1, 0.15) is 0 Å². The predicted molar refractivity (Wildman–Crippen MR) is 132 cm³/mol. The zero-order valence-electron chi connectivity index (χ0n) is 20.6. The molecule has 2 amide bonds. The van der Waals surface area contributed by atoms with Crippen LogP contribution in [0.4, 0.5) is 4.79 Å². The van der Waals surface area contributed by atoms with Gasteiger partial charge in [-0.15, -0.1) is 0 Å². The first kappa shape index (κ1) is 30.6. The lowest BCUT2D eigenvalue weighted by atomic mass is 10.0. The maximum Gasteiger partial charge on any atom is 0.404 e. The van der Waals surface area contributed by atoms with Crippen molar-refractivity contribution in [3.63, 3.8) is 0 Å². The Balaban J connectivity index is 0. The summed E-state index contributed by atoms with van der Waals surface area (Å²) in [6, 6.07) is 10.8. The number of nitrogens with two attached hydrogens (primary N) is 1. The molecule has 1 aromatic carbocycles. The van der Waals surface area contributed by atoms with Gasteiger partial charge in [-0.3, -0.25) is 4.79 Å². The first-order valence-electron chi connectivity index (χ1n) is 11.2. The lowest BCUT2D eigenvalue weighted by molar-refractivity contribution is -0.121. The van der Waals surface area contributed by atoms with Crippen molar-refractivity contribution in [3.8, 4) is 0 Å². The van der Waals surface area contributed by atoms with E-state index in [0.29, 0.717) is 13.0 Å². The summed E-state index contributed by atoms with van der Waals surface area (Å²) in [5, 5.41) is 2.93. The van der Waals surface area contributed by atoms with Gasteiger partial charge in [0, 0.05) is 12.5 Å². The van der Waals surface area contributed by atoms with Crippen molar-refractivity contribution in [1.82, 2.24) is 5.32 Å². The van der Waals surface area contributed by atoms with E-state index in [1.54, 1.807) is 0 Å². The topological polar surface area (TPSA) is 81.4 Å². The molecule has 0 saturated heterocycles. The fourth-order valence-corrected chi connectivity index (χ4v) is 2.53. The van der Waals surface area contributed by atoms with Crippen molar-refractivity contribution in [2.24, 2.45) is 11.7 Å². The highest BCUT2D eigenvalue weighted by atomic mass is 16.5. The van der Waals surface area contributed by atoms with Crippen LogP contribution in [0.25, 0.3) is 0 Å². The predicted octanol–water partition coefficient (Wildman–Crippen LogP) is 6.19. The molecule has 1 atom stereocenters. The molecule has 0 aliphatic heterocycles. The largest absolute Gasteiger partial charge is 0.450 e. The number of ether oxygens (including phenoxy) is 1. The fraction of sp³-hybridized carbons (Fsp3) is 0.538. The standard InChI is InChI=1S/C12H21NO.C10H14.C4H9NO2/c1-5-7-8-10(3)9-11(4)13-12(14)6-2;1-9(2)8-10-6-4-3-5-7-10;1-2-3-7-4(5)6/h5,7-8,11H,6,9H2,1-4H3,(H,13,14);3-7,9H,8H2,1-2H3;2-3H2,1H3,(H2,5,6)/b7-5-,10-8+;;. The van der Waals surface area contributed by atoms with Crippen LogP contribution < -0.4 is 11.1 Å². The van der Waals surface area contributed by atoms with Crippen molar-refractivity contribution in [2.75, 3.05) is 6.61 Å². The molecule has 0 bridgehead atoms. The van der Waals surface area contributed by atoms with Gasteiger partial charge < -0.3 is 15.8 Å². The summed E-state index contributed by atoms with van der Waals surface area (Å²) in [5.41, 5.74) is 7.34. The minimum Gasteiger partial charge on any atom is -0.450 e. The van der Waals surface area contributed by atoms with E-state index in [1.165, 1.54) is 17.6 Å². The number of rotatable bonds is 9. The summed E-state index contributed by atoms with van der Waals surface area (Å²) in [7, 11) is 0. The Kier molecular flexibility index (Phi) is 20.5. The van der Waals surface area contributed by atoms with E-state index in [0.717, 1.165) is 18.8 Å². The number of hydrogen-bond acceptors (Lipinski definition) is 3. The number of carbonyl (C=O) groups is 2. The van der Waals surface area contributed by atoms with Gasteiger partial charge in [-0.1, -0.05) is 81.8 Å². The molecule has 0 aliphatic carbocycles. The summed E-state index contributed by atoms with van der Waals surface area (Å²) < 4.78 is 4.33. The third-order valence-electron chi connectivity index (χ3n) is 3.87. The summed E-state index contributed by atoms with van der Waals surface area (Å²) in [6.45, 7) is 14.8. The third-order valence-corrected chi connectivity index (χ3v) is 3.87. The molecule has 5 heteroatoms. The van der Waals surface area contributed by atoms with Crippen LogP contribution in [-0.2, 0) is 16.0 Å². The van der Waals surface area contributed by atoms with Crippen LogP contribution in [0.1, 0.15) is 73.3 Å². The zero-order chi connectivity index (χ0) is 24.1. The van der Waals surface area contributed by atoms with Gasteiger partial charge in [-0.05, 0) is 51.5 Å². The van der Waals surface area contributed by atoms with Crippen molar-refractivity contribution >= 4 is 12.0 Å². The lowest BCUT2D eigenvalue weighted by Gasteiger charge is -2.13. The van der Waals surface area contributed by atoms with Crippen LogP contribution in [0.2, 0.25) is 0 Å². The molecule has 1 unspecified atom stereocenters. The Morgan fingerprint density at radius 2 is 1.74 bits per heavy atom. The van der Waals surface area contributed by atoms with Crippen molar-refractivity contribution in [2.45, 2.75) is 80.2 Å². The van der Waals surface area contributed by atoms with Gasteiger partial charge in [0.25, 0.3) is 0 Å². The Bertz CT molecular complexity index is 637. The average molecular weight is 433 g/mol. The van der Waals surface area contributed by atoms with Crippen molar-refractivity contribution in [3.05, 3.63) is 59.7 Å². The highest BCUT2D eigenvalue weighted by molar-refractivity contribution is 5.75. The second-order valence-electron chi connectivity index (χ2n) is 7.82. The Morgan fingerprint density at radius 3 is 2.16 bits per heavy atom. The van der Waals surface area contributed by atoms with Crippen LogP contribution in [0.3, 0.4) is 0 Å². The minimum atomic E-state index is -0.693. The molecular weight excluding hydrogens is 388 g/mol. The van der Waals surface area contributed by atoms with Gasteiger partial charge in [0.15, 0.2) is 0 Å². The first-order valence-corrected chi connectivity index (χ1v) is 11.2. The van der Waals surface area contributed by atoms with Crippen molar-refractivity contribution < 1.29 is 14.3 Å². The molecule has 1 aromatic rings. The molecular formula is C26H44N2O3. The van der Waals surface area contributed by atoms with Crippen LogP contribution in [0.15, 0.2) is 54.1 Å². The maximum atomic E-state index is 11.1. The Hall–Kier alpha value is -2.56. The van der Waals surface area contributed by atoms with Crippen LogP contribution in [0, 0.1) is 5.92 Å². The smallest absolute Gasteiger partial charge is 0.404 e. The molecule has 0 spiro atoms. The molecule has 0 aliphatic rings. The van der Waals surface area contributed by atoms with Crippen molar-refractivity contribution in [1.29, 1.82) is 0 Å². The molecule has 0 saturated carbocycles. The van der Waals surface area contributed by atoms with E-state index in [9.17, 15) is 9.59 Å². The zero-order valence-corrected chi connectivity index (χ0v) is 20.6. The molecule has 1 rings (SSSR count). The van der Waals surface area contributed by atoms with E-state index in [1.807, 2.05) is 39.8 Å². The number of carbonyl (C=O) groups excluding carboxylic acids is 2. The highest BCUT2D eigenvalue weighted by Crippen LogP contribution is 2.06. The number of amides is 2. The first-order chi connectivity index (χ1) is 14.7. The monoisotopic (exact) mass is 432 g/mol. The van der Waals surface area contributed by atoms with Crippen LogP contribution >= 0.6 is 0 Å². The SMILES string of the molecule is C/C=C\C=C(/C)CC(C)NC(=O)CC.CC(C)Cc1ccccc1.CCCOC(N)=O. The van der Waals surface area contributed by atoms with E-state index < -0.39 is 6.09 Å². The van der Waals surface area contributed by atoms with E-state index in [4.69, 9.17) is 0 Å². The summed E-state index contributed by atoms with van der Waals surface area (Å²) in [4.78, 5) is 20.8. The number of primary amides is 1. The number of nitrogens with one attached hydrogen (secondary N) is 1. The second-order valence-corrected chi connectivity index (χ2v) is 7.82. The second kappa shape index (κ2) is 20.7. The van der Waals surface area contributed by atoms with Gasteiger partial charge in [-0.2, -0.15) is 0 Å². The maximum absolute atomic E-state index is 11.1.